The second-order valence-electron chi connectivity index (χ2n) is 4.68. The molecule has 1 aromatic rings. The third-order valence-corrected chi connectivity index (χ3v) is 3.24. The molecule has 0 atom stereocenters. The minimum atomic E-state index is -4.69. The Kier molecular flexibility index (Phi) is 4.58. The highest BCUT2D eigenvalue weighted by Gasteiger charge is 2.31. The lowest BCUT2D eigenvalue weighted by Gasteiger charge is -2.26. The summed E-state index contributed by atoms with van der Waals surface area (Å²) in [5.41, 5.74) is 0.744. The average Bonchev–Trinajstić information content (AvgIpc) is 2.26. The van der Waals surface area contributed by atoms with Crippen LogP contribution in [0.25, 0.3) is 0 Å². The average molecular weight is 294 g/mol. The van der Waals surface area contributed by atoms with Crippen LogP contribution in [0, 0.1) is 0 Å². The fraction of sp³-hybridized carbons (Fsp3) is 0.538. The van der Waals surface area contributed by atoms with Gasteiger partial charge < -0.3 is 4.74 Å². The Morgan fingerprint density at radius 1 is 1.11 bits per heavy atom. The van der Waals surface area contributed by atoms with E-state index >= 15 is 0 Å². The molecule has 2 nitrogen and oxygen atoms in total. The van der Waals surface area contributed by atoms with Gasteiger partial charge in [0.05, 0.1) is 0 Å². The lowest BCUT2D eigenvalue weighted by Crippen LogP contribution is -2.29. The van der Waals surface area contributed by atoms with Gasteiger partial charge in [-0.05, 0) is 49.7 Å². The molecule has 0 N–H and O–H groups in total. The van der Waals surface area contributed by atoms with Crippen molar-refractivity contribution in [2.45, 2.75) is 32.2 Å². The zero-order chi connectivity index (χ0) is 13.9. The summed E-state index contributed by atoms with van der Waals surface area (Å²) in [6.07, 6.45) is -1.21. The van der Waals surface area contributed by atoms with E-state index < -0.39 is 6.36 Å². The molecule has 6 heteroatoms. The first-order chi connectivity index (χ1) is 8.92. The minimum Gasteiger partial charge on any atom is -0.406 e. The maximum Gasteiger partial charge on any atom is 0.573 e. The molecule has 106 valence electrons. The molecule has 0 aromatic heterocycles. The number of benzene rings is 1. The Hall–Kier alpha value is -0.940. The molecule has 1 aromatic carbocycles. The lowest BCUT2D eigenvalue weighted by molar-refractivity contribution is -0.274. The Labute approximate surface area is 115 Å². The van der Waals surface area contributed by atoms with E-state index in [4.69, 9.17) is 11.6 Å². The van der Waals surface area contributed by atoms with Crippen molar-refractivity contribution >= 4 is 11.6 Å². The van der Waals surface area contributed by atoms with Gasteiger partial charge in [0.25, 0.3) is 0 Å². The van der Waals surface area contributed by atoms with E-state index in [1.807, 2.05) is 0 Å². The Bertz CT molecular complexity index is 430. The third kappa shape index (κ3) is 4.91. The Morgan fingerprint density at radius 3 is 2.42 bits per heavy atom. The van der Waals surface area contributed by atoms with Crippen LogP contribution in [0.5, 0.6) is 5.75 Å². The monoisotopic (exact) mass is 293 g/mol. The molecule has 2 rings (SSSR count). The number of hydrogen-bond donors (Lipinski definition) is 0. The third-order valence-electron chi connectivity index (χ3n) is 3.02. The van der Waals surface area contributed by atoms with E-state index in [0.29, 0.717) is 6.54 Å². The first kappa shape index (κ1) is 14.5. The quantitative estimate of drug-likeness (QED) is 0.827. The molecule has 1 heterocycles. The van der Waals surface area contributed by atoms with Crippen LogP contribution in [0.3, 0.4) is 0 Å². The molecule has 0 bridgehead atoms. The standard InChI is InChI=1S/C13H15ClF3NO/c14-11-6-10(9-18-4-2-1-3-5-18)7-12(8-11)19-13(15,16)17/h6-8H,1-5,9H2. The van der Waals surface area contributed by atoms with Crippen molar-refractivity contribution in [2.24, 2.45) is 0 Å². The van der Waals surface area contributed by atoms with E-state index in [9.17, 15) is 13.2 Å². The summed E-state index contributed by atoms with van der Waals surface area (Å²) < 4.78 is 40.5. The second kappa shape index (κ2) is 6.01. The van der Waals surface area contributed by atoms with Gasteiger partial charge in [-0.15, -0.1) is 13.2 Å². The summed E-state index contributed by atoms with van der Waals surface area (Å²) >= 11 is 5.83. The molecule has 0 saturated carbocycles. The summed E-state index contributed by atoms with van der Waals surface area (Å²) in [6.45, 7) is 2.55. The summed E-state index contributed by atoms with van der Waals surface area (Å²) in [6, 6.07) is 4.25. The van der Waals surface area contributed by atoms with Crippen molar-refractivity contribution < 1.29 is 17.9 Å². The van der Waals surface area contributed by atoms with Crippen LogP contribution in [0.2, 0.25) is 5.02 Å². The number of piperidine rings is 1. The van der Waals surface area contributed by atoms with Gasteiger partial charge in [-0.3, -0.25) is 4.90 Å². The molecular weight excluding hydrogens is 279 g/mol. The smallest absolute Gasteiger partial charge is 0.406 e. The van der Waals surface area contributed by atoms with Crippen LogP contribution < -0.4 is 4.74 Å². The number of rotatable bonds is 3. The van der Waals surface area contributed by atoms with E-state index in [1.165, 1.54) is 18.6 Å². The van der Waals surface area contributed by atoms with Gasteiger partial charge in [-0.2, -0.15) is 0 Å². The number of hydrogen-bond acceptors (Lipinski definition) is 2. The number of nitrogens with zero attached hydrogens (tertiary/aromatic N) is 1. The van der Waals surface area contributed by atoms with E-state index in [2.05, 4.69) is 9.64 Å². The van der Waals surface area contributed by atoms with Gasteiger partial charge in [0.1, 0.15) is 5.75 Å². The molecule has 1 fully saturated rings. The highest BCUT2D eigenvalue weighted by atomic mass is 35.5. The fourth-order valence-corrected chi connectivity index (χ4v) is 2.53. The van der Waals surface area contributed by atoms with Crippen LogP contribution in [-0.2, 0) is 6.54 Å². The molecule has 0 spiro atoms. The molecule has 1 aliphatic rings. The van der Waals surface area contributed by atoms with Gasteiger partial charge in [0, 0.05) is 11.6 Å². The topological polar surface area (TPSA) is 12.5 Å². The van der Waals surface area contributed by atoms with Gasteiger partial charge >= 0.3 is 6.36 Å². The zero-order valence-corrected chi connectivity index (χ0v) is 11.1. The largest absolute Gasteiger partial charge is 0.573 e. The predicted octanol–water partition coefficient (Wildman–Crippen LogP) is 4.22. The number of likely N-dealkylation sites (tertiary alicyclic amines) is 1. The highest BCUT2D eigenvalue weighted by molar-refractivity contribution is 6.30. The first-order valence-electron chi connectivity index (χ1n) is 6.20. The van der Waals surface area contributed by atoms with Crippen molar-refractivity contribution in [2.75, 3.05) is 13.1 Å². The number of halogens is 4. The fourth-order valence-electron chi connectivity index (χ4n) is 2.28. The summed E-state index contributed by atoms with van der Waals surface area (Å²) in [4.78, 5) is 2.21. The van der Waals surface area contributed by atoms with Crippen LogP contribution >= 0.6 is 11.6 Å². The van der Waals surface area contributed by atoms with Crippen molar-refractivity contribution in [3.05, 3.63) is 28.8 Å². The molecule has 19 heavy (non-hydrogen) atoms. The lowest BCUT2D eigenvalue weighted by atomic mass is 10.1. The molecule has 0 amide bonds. The second-order valence-corrected chi connectivity index (χ2v) is 5.12. The summed E-state index contributed by atoms with van der Waals surface area (Å²) in [5.74, 6) is -0.257. The van der Waals surface area contributed by atoms with Crippen LogP contribution in [0.15, 0.2) is 18.2 Å². The Balaban J connectivity index is 2.07. The molecular formula is C13H15ClF3NO. The number of alkyl halides is 3. The van der Waals surface area contributed by atoms with E-state index in [0.717, 1.165) is 31.5 Å². The molecule has 0 unspecified atom stereocenters. The van der Waals surface area contributed by atoms with Crippen LogP contribution in [0.4, 0.5) is 13.2 Å². The molecule has 0 radical (unpaired) electrons. The SMILES string of the molecule is FC(F)(F)Oc1cc(Cl)cc(CN2CCCCC2)c1. The molecule has 1 aliphatic heterocycles. The maximum absolute atomic E-state index is 12.2. The van der Waals surface area contributed by atoms with Gasteiger partial charge in [-0.1, -0.05) is 18.0 Å². The van der Waals surface area contributed by atoms with Crippen molar-refractivity contribution in [1.82, 2.24) is 4.90 Å². The van der Waals surface area contributed by atoms with E-state index in [-0.39, 0.29) is 10.8 Å². The summed E-state index contributed by atoms with van der Waals surface area (Å²) in [5, 5.41) is 0.258. The predicted molar refractivity (Wildman–Crippen MR) is 67.3 cm³/mol. The van der Waals surface area contributed by atoms with Crippen molar-refractivity contribution in [1.29, 1.82) is 0 Å². The molecule has 1 saturated heterocycles. The Morgan fingerprint density at radius 2 is 1.79 bits per heavy atom. The first-order valence-corrected chi connectivity index (χ1v) is 6.58. The highest BCUT2D eigenvalue weighted by Crippen LogP contribution is 2.27. The number of ether oxygens (including phenoxy) is 1. The zero-order valence-electron chi connectivity index (χ0n) is 10.3. The van der Waals surface area contributed by atoms with Gasteiger partial charge in [-0.25, -0.2) is 0 Å². The van der Waals surface area contributed by atoms with Crippen LogP contribution in [-0.4, -0.2) is 24.4 Å². The van der Waals surface area contributed by atoms with E-state index in [1.54, 1.807) is 6.07 Å². The van der Waals surface area contributed by atoms with Gasteiger partial charge in [0.15, 0.2) is 0 Å². The molecule has 0 aliphatic carbocycles. The summed E-state index contributed by atoms with van der Waals surface area (Å²) in [7, 11) is 0. The van der Waals surface area contributed by atoms with Crippen LogP contribution in [0.1, 0.15) is 24.8 Å². The minimum absolute atomic E-state index is 0.257. The maximum atomic E-state index is 12.2. The van der Waals surface area contributed by atoms with Crippen molar-refractivity contribution in [3.8, 4) is 5.75 Å². The van der Waals surface area contributed by atoms with Crippen molar-refractivity contribution in [3.63, 3.8) is 0 Å². The van der Waals surface area contributed by atoms with Gasteiger partial charge in [0.2, 0.25) is 0 Å². The normalized spacial score (nSPS) is 17.5.